The number of nitrogens with one attached hydrogen (secondary N) is 1. The first-order valence-electron chi connectivity index (χ1n) is 5.65. The number of rotatable bonds is 5. The van der Waals surface area contributed by atoms with Gasteiger partial charge in [-0.1, -0.05) is 6.92 Å². The number of hydrogen-bond donors (Lipinski definition) is 2. The highest BCUT2D eigenvalue weighted by Gasteiger charge is 2.34. The van der Waals surface area contributed by atoms with Crippen LogP contribution < -0.4 is 5.32 Å². The third-order valence-electron chi connectivity index (χ3n) is 3.28. The molecule has 0 aromatic heterocycles. The Morgan fingerprint density at radius 2 is 2.36 bits per heavy atom. The molecule has 1 aliphatic rings. The normalized spacial score (nSPS) is 33.2. The molecule has 0 bridgehead atoms. The SMILES string of the molecule is CCNC1(CCO)CCCC(OC)C1. The summed E-state index contributed by atoms with van der Waals surface area (Å²) in [7, 11) is 1.78. The molecule has 14 heavy (non-hydrogen) atoms. The van der Waals surface area contributed by atoms with Crippen molar-refractivity contribution < 1.29 is 9.84 Å². The summed E-state index contributed by atoms with van der Waals surface area (Å²) in [6, 6.07) is 0. The lowest BCUT2D eigenvalue weighted by molar-refractivity contribution is 0.0230. The number of hydrogen-bond acceptors (Lipinski definition) is 3. The van der Waals surface area contributed by atoms with E-state index >= 15 is 0 Å². The second kappa shape index (κ2) is 5.69. The van der Waals surface area contributed by atoms with Crippen LogP contribution >= 0.6 is 0 Å². The molecule has 2 unspecified atom stereocenters. The van der Waals surface area contributed by atoms with Crippen LogP contribution in [0.1, 0.15) is 39.0 Å². The second-order valence-electron chi connectivity index (χ2n) is 4.24. The lowest BCUT2D eigenvalue weighted by atomic mass is 9.78. The molecule has 2 atom stereocenters. The Hall–Kier alpha value is -0.120. The summed E-state index contributed by atoms with van der Waals surface area (Å²) in [6.45, 7) is 3.36. The summed E-state index contributed by atoms with van der Waals surface area (Å²) in [5.74, 6) is 0. The average Bonchev–Trinajstić information content (AvgIpc) is 2.19. The molecule has 3 nitrogen and oxygen atoms in total. The van der Waals surface area contributed by atoms with E-state index < -0.39 is 0 Å². The van der Waals surface area contributed by atoms with Crippen molar-refractivity contribution in [3.05, 3.63) is 0 Å². The maximum absolute atomic E-state index is 9.09. The Morgan fingerprint density at radius 1 is 1.57 bits per heavy atom. The van der Waals surface area contributed by atoms with Gasteiger partial charge in [-0.25, -0.2) is 0 Å². The molecule has 3 heteroatoms. The topological polar surface area (TPSA) is 41.5 Å². The maximum Gasteiger partial charge on any atom is 0.0589 e. The number of ether oxygens (including phenoxy) is 1. The minimum absolute atomic E-state index is 0.127. The highest BCUT2D eigenvalue weighted by molar-refractivity contribution is 4.93. The Balaban J connectivity index is 2.55. The van der Waals surface area contributed by atoms with E-state index in [0.717, 1.165) is 25.8 Å². The second-order valence-corrected chi connectivity index (χ2v) is 4.24. The molecule has 0 amide bonds. The number of aliphatic hydroxyl groups is 1. The maximum atomic E-state index is 9.09. The van der Waals surface area contributed by atoms with Crippen LogP contribution in [0.3, 0.4) is 0 Å². The molecule has 0 heterocycles. The van der Waals surface area contributed by atoms with Gasteiger partial charge in [0, 0.05) is 19.3 Å². The van der Waals surface area contributed by atoms with E-state index in [2.05, 4.69) is 12.2 Å². The smallest absolute Gasteiger partial charge is 0.0589 e. The van der Waals surface area contributed by atoms with E-state index in [-0.39, 0.29) is 12.1 Å². The number of methoxy groups -OCH3 is 1. The zero-order valence-electron chi connectivity index (χ0n) is 9.38. The van der Waals surface area contributed by atoms with Crippen molar-refractivity contribution in [3.8, 4) is 0 Å². The molecule has 2 N–H and O–H groups in total. The van der Waals surface area contributed by atoms with Crippen molar-refractivity contribution in [3.63, 3.8) is 0 Å². The zero-order chi connectivity index (χ0) is 10.4. The lowest BCUT2D eigenvalue weighted by Gasteiger charge is -2.41. The van der Waals surface area contributed by atoms with Crippen LogP contribution in [0.2, 0.25) is 0 Å². The van der Waals surface area contributed by atoms with Gasteiger partial charge in [0.1, 0.15) is 0 Å². The highest BCUT2D eigenvalue weighted by Crippen LogP contribution is 2.32. The van der Waals surface area contributed by atoms with Crippen molar-refractivity contribution in [2.24, 2.45) is 0 Å². The molecule has 1 aliphatic carbocycles. The molecule has 1 rings (SSSR count). The van der Waals surface area contributed by atoms with Gasteiger partial charge in [-0.2, -0.15) is 0 Å². The van der Waals surface area contributed by atoms with Gasteiger partial charge >= 0.3 is 0 Å². The van der Waals surface area contributed by atoms with Crippen LogP contribution in [0.15, 0.2) is 0 Å². The van der Waals surface area contributed by atoms with Gasteiger partial charge in [0.25, 0.3) is 0 Å². The molecule has 84 valence electrons. The Kier molecular flexibility index (Phi) is 4.85. The van der Waals surface area contributed by atoms with Gasteiger partial charge in [-0.15, -0.1) is 0 Å². The minimum Gasteiger partial charge on any atom is -0.396 e. The van der Waals surface area contributed by atoms with Crippen LogP contribution in [0, 0.1) is 0 Å². The number of aliphatic hydroxyl groups excluding tert-OH is 1. The predicted octanol–water partition coefficient (Wildman–Crippen LogP) is 1.31. The Bertz CT molecular complexity index is 150. The van der Waals surface area contributed by atoms with Gasteiger partial charge in [-0.05, 0) is 38.6 Å². The van der Waals surface area contributed by atoms with Gasteiger partial charge in [-0.3, -0.25) is 0 Å². The Morgan fingerprint density at radius 3 is 2.93 bits per heavy atom. The van der Waals surface area contributed by atoms with Crippen LogP contribution in [-0.4, -0.2) is 37.0 Å². The quantitative estimate of drug-likeness (QED) is 0.704. The first-order chi connectivity index (χ1) is 6.76. The van der Waals surface area contributed by atoms with Crippen LogP contribution in [0.5, 0.6) is 0 Å². The third-order valence-corrected chi connectivity index (χ3v) is 3.28. The Labute approximate surface area is 86.8 Å². The molecule has 0 spiro atoms. The molecular formula is C11H23NO2. The van der Waals surface area contributed by atoms with Gasteiger partial charge in [0.2, 0.25) is 0 Å². The summed E-state index contributed by atoms with van der Waals surface area (Å²) < 4.78 is 5.42. The van der Waals surface area contributed by atoms with Crippen molar-refractivity contribution in [1.29, 1.82) is 0 Å². The molecule has 1 saturated carbocycles. The van der Waals surface area contributed by atoms with E-state index in [0.29, 0.717) is 6.10 Å². The van der Waals surface area contributed by atoms with Crippen molar-refractivity contribution in [2.45, 2.75) is 50.7 Å². The van der Waals surface area contributed by atoms with E-state index in [1.807, 2.05) is 0 Å². The standard InChI is InChI=1S/C11H23NO2/c1-3-12-11(7-8-13)6-4-5-10(9-11)14-2/h10,12-13H,3-9H2,1-2H3. The first kappa shape index (κ1) is 12.0. The molecule has 0 aromatic carbocycles. The zero-order valence-corrected chi connectivity index (χ0v) is 9.38. The monoisotopic (exact) mass is 201 g/mol. The van der Waals surface area contributed by atoms with E-state index in [9.17, 15) is 0 Å². The van der Waals surface area contributed by atoms with Gasteiger partial charge in [0.05, 0.1) is 6.10 Å². The summed E-state index contributed by atoms with van der Waals surface area (Å²) in [4.78, 5) is 0. The summed E-state index contributed by atoms with van der Waals surface area (Å²) in [5.41, 5.74) is 0.127. The fourth-order valence-electron chi connectivity index (χ4n) is 2.57. The third kappa shape index (κ3) is 2.94. The molecule has 1 fully saturated rings. The fourth-order valence-corrected chi connectivity index (χ4v) is 2.57. The molecule has 0 radical (unpaired) electrons. The van der Waals surface area contributed by atoms with Crippen LogP contribution in [0.4, 0.5) is 0 Å². The van der Waals surface area contributed by atoms with E-state index in [4.69, 9.17) is 9.84 Å². The van der Waals surface area contributed by atoms with Crippen molar-refractivity contribution in [2.75, 3.05) is 20.3 Å². The highest BCUT2D eigenvalue weighted by atomic mass is 16.5. The predicted molar refractivity (Wildman–Crippen MR) is 57.4 cm³/mol. The van der Waals surface area contributed by atoms with Gasteiger partial charge in [0.15, 0.2) is 0 Å². The van der Waals surface area contributed by atoms with Crippen molar-refractivity contribution in [1.82, 2.24) is 5.32 Å². The largest absolute Gasteiger partial charge is 0.396 e. The molecule has 0 aliphatic heterocycles. The van der Waals surface area contributed by atoms with Crippen LogP contribution in [-0.2, 0) is 4.74 Å². The minimum atomic E-state index is 0.127. The molecule has 0 saturated heterocycles. The average molecular weight is 201 g/mol. The van der Waals surface area contributed by atoms with E-state index in [1.165, 1.54) is 12.8 Å². The van der Waals surface area contributed by atoms with E-state index in [1.54, 1.807) is 7.11 Å². The summed E-state index contributed by atoms with van der Waals surface area (Å²) in [6.07, 6.45) is 5.79. The molecular weight excluding hydrogens is 178 g/mol. The summed E-state index contributed by atoms with van der Waals surface area (Å²) >= 11 is 0. The molecule has 0 aromatic rings. The van der Waals surface area contributed by atoms with Crippen molar-refractivity contribution >= 4 is 0 Å². The van der Waals surface area contributed by atoms with Crippen LogP contribution in [0.25, 0.3) is 0 Å². The lowest BCUT2D eigenvalue weighted by Crippen LogP contribution is -2.50. The first-order valence-corrected chi connectivity index (χ1v) is 5.65. The summed E-state index contributed by atoms with van der Waals surface area (Å²) in [5, 5.41) is 12.6. The van der Waals surface area contributed by atoms with Gasteiger partial charge < -0.3 is 15.2 Å². The fraction of sp³-hybridized carbons (Fsp3) is 1.00.